The van der Waals surface area contributed by atoms with Crippen LogP contribution in [0.4, 0.5) is 17.6 Å². The molecule has 1 aliphatic rings. The summed E-state index contributed by atoms with van der Waals surface area (Å²) in [5, 5.41) is 10.6. The number of carbonyl (C=O) groups excluding carboxylic acids is 2. The number of aromatic nitrogens is 1. The van der Waals surface area contributed by atoms with E-state index in [1.807, 2.05) is 0 Å². The van der Waals surface area contributed by atoms with E-state index in [2.05, 4.69) is 9.72 Å². The highest BCUT2D eigenvalue weighted by Crippen LogP contribution is 2.44. The third kappa shape index (κ3) is 4.92. The number of phenolic OH excluding ortho intramolecular Hbond substituents is 1. The molecule has 0 saturated heterocycles. The number of amides is 2. The fourth-order valence-electron chi connectivity index (χ4n) is 4.39. The first-order valence-corrected chi connectivity index (χ1v) is 10.9. The molecule has 0 radical (unpaired) electrons. The highest BCUT2D eigenvalue weighted by molar-refractivity contribution is 6.30. The number of phenols is 1. The second kappa shape index (κ2) is 9.65. The maximum Gasteiger partial charge on any atom is 0.573 e. The van der Waals surface area contributed by atoms with Crippen LogP contribution in [0.1, 0.15) is 45.6 Å². The Hall–Kier alpha value is -3.86. The molecule has 188 valence electrons. The average molecular weight is 524 g/mol. The number of nitrogens with zero attached hydrogens (tertiary/aromatic N) is 2. The number of halogens is 5. The molecule has 3 aromatic rings. The first kappa shape index (κ1) is 25.2. The van der Waals surface area contributed by atoms with E-state index in [4.69, 9.17) is 17.3 Å². The fraction of sp³-hybridized carbons (Fsp3) is 0.208. The standard InChI is InChI=1S/C24H18ClF4N3O4/c25-13-9-16-14(17(26)10-13)6-7-18(16)32(20(22(30)34)12-3-2-8-31-11-12)23(35)15-4-1-5-19(21(15)33)36-24(27,28)29/h1-5,8-11,18,20,33H,6-7H2,(H2,30,34)/t18-,20?/m1/s1. The van der Waals surface area contributed by atoms with Crippen LogP contribution in [-0.2, 0) is 11.2 Å². The Morgan fingerprint density at radius 1 is 1.22 bits per heavy atom. The number of rotatable bonds is 6. The van der Waals surface area contributed by atoms with Gasteiger partial charge in [0.2, 0.25) is 5.91 Å². The molecular weight excluding hydrogens is 506 g/mol. The average Bonchev–Trinajstić information content (AvgIpc) is 3.21. The Bertz CT molecular complexity index is 1320. The van der Waals surface area contributed by atoms with Gasteiger partial charge in [0.05, 0.1) is 11.6 Å². The van der Waals surface area contributed by atoms with Crippen molar-refractivity contribution < 1.29 is 37.0 Å². The Morgan fingerprint density at radius 3 is 2.61 bits per heavy atom. The smallest absolute Gasteiger partial charge is 0.504 e. The second-order valence-corrected chi connectivity index (χ2v) is 8.45. The molecule has 0 bridgehead atoms. The number of para-hydroxylation sites is 1. The van der Waals surface area contributed by atoms with Crippen molar-refractivity contribution in [3.8, 4) is 11.5 Å². The van der Waals surface area contributed by atoms with E-state index in [0.29, 0.717) is 5.56 Å². The summed E-state index contributed by atoms with van der Waals surface area (Å²) in [7, 11) is 0. The number of benzene rings is 2. The van der Waals surface area contributed by atoms with E-state index < -0.39 is 53.1 Å². The predicted octanol–water partition coefficient (Wildman–Crippen LogP) is 4.83. The Kier molecular flexibility index (Phi) is 6.77. The van der Waals surface area contributed by atoms with Crippen LogP contribution in [0.15, 0.2) is 54.9 Å². The molecule has 2 amide bonds. The number of aromatic hydroxyl groups is 1. The van der Waals surface area contributed by atoms with E-state index >= 15 is 0 Å². The van der Waals surface area contributed by atoms with E-state index in [0.717, 1.165) is 29.2 Å². The number of alkyl halides is 3. The van der Waals surface area contributed by atoms with Crippen LogP contribution in [0.3, 0.4) is 0 Å². The van der Waals surface area contributed by atoms with Crippen LogP contribution in [0.5, 0.6) is 11.5 Å². The lowest BCUT2D eigenvalue weighted by Crippen LogP contribution is -2.43. The van der Waals surface area contributed by atoms with Gasteiger partial charge in [-0.25, -0.2) is 4.39 Å². The minimum atomic E-state index is -5.14. The maximum absolute atomic E-state index is 14.6. The van der Waals surface area contributed by atoms with Gasteiger partial charge in [-0.3, -0.25) is 14.6 Å². The summed E-state index contributed by atoms with van der Waals surface area (Å²) >= 11 is 6.05. The zero-order valence-corrected chi connectivity index (χ0v) is 19.1. The van der Waals surface area contributed by atoms with Crippen molar-refractivity contribution in [3.05, 3.63) is 88.0 Å². The van der Waals surface area contributed by atoms with Crippen molar-refractivity contribution in [2.24, 2.45) is 5.73 Å². The molecule has 2 aromatic carbocycles. The minimum absolute atomic E-state index is 0.0472. The van der Waals surface area contributed by atoms with Crippen LogP contribution in [0.25, 0.3) is 0 Å². The van der Waals surface area contributed by atoms with Gasteiger partial charge in [0.25, 0.3) is 5.91 Å². The molecule has 0 fully saturated rings. The topological polar surface area (TPSA) is 106 Å². The minimum Gasteiger partial charge on any atom is -0.504 e. The summed E-state index contributed by atoms with van der Waals surface area (Å²) in [6.45, 7) is 0. The van der Waals surface area contributed by atoms with Gasteiger partial charge in [-0.2, -0.15) is 0 Å². The van der Waals surface area contributed by atoms with Gasteiger partial charge in [0, 0.05) is 23.0 Å². The van der Waals surface area contributed by atoms with Crippen molar-refractivity contribution >= 4 is 23.4 Å². The predicted molar refractivity (Wildman–Crippen MR) is 120 cm³/mol. The number of hydrogen-bond donors (Lipinski definition) is 2. The van der Waals surface area contributed by atoms with Crippen molar-refractivity contribution in [2.45, 2.75) is 31.3 Å². The molecule has 7 nitrogen and oxygen atoms in total. The van der Waals surface area contributed by atoms with Crippen LogP contribution >= 0.6 is 11.6 Å². The van der Waals surface area contributed by atoms with Crippen molar-refractivity contribution in [1.29, 1.82) is 0 Å². The number of hydrogen-bond acceptors (Lipinski definition) is 5. The third-order valence-electron chi connectivity index (χ3n) is 5.79. The molecule has 1 heterocycles. The molecule has 1 aromatic heterocycles. The molecule has 0 aliphatic heterocycles. The summed E-state index contributed by atoms with van der Waals surface area (Å²) in [5.41, 5.74) is 5.90. The van der Waals surface area contributed by atoms with Crippen molar-refractivity contribution in [1.82, 2.24) is 9.88 Å². The van der Waals surface area contributed by atoms with E-state index in [1.165, 1.54) is 30.6 Å². The fourth-order valence-corrected chi connectivity index (χ4v) is 4.60. The molecular formula is C24H18ClF4N3O4. The lowest BCUT2D eigenvalue weighted by molar-refractivity contribution is -0.275. The highest BCUT2D eigenvalue weighted by atomic mass is 35.5. The third-order valence-corrected chi connectivity index (χ3v) is 6.01. The van der Waals surface area contributed by atoms with Gasteiger partial charge >= 0.3 is 6.36 Å². The SMILES string of the molecule is NC(=O)C(c1cccnc1)N(C(=O)c1cccc(OC(F)(F)F)c1O)[C@@H]1CCc2c(F)cc(Cl)cc21. The Morgan fingerprint density at radius 2 is 1.97 bits per heavy atom. The van der Waals surface area contributed by atoms with Gasteiger partial charge in [-0.05, 0) is 54.3 Å². The van der Waals surface area contributed by atoms with Gasteiger partial charge in [0.1, 0.15) is 11.9 Å². The summed E-state index contributed by atoms with van der Waals surface area (Å²) in [6, 6.07) is 6.12. The van der Waals surface area contributed by atoms with Crippen LogP contribution < -0.4 is 10.5 Å². The second-order valence-electron chi connectivity index (χ2n) is 8.01. The number of fused-ring (bicyclic) bond motifs is 1. The molecule has 12 heteroatoms. The van der Waals surface area contributed by atoms with Crippen LogP contribution in [-0.4, -0.2) is 33.2 Å². The molecule has 0 saturated carbocycles. The van der Waals surface area contributed by atoms with Gasteiger partial charge in [0.15, 0.2) is 11.5 Å². The van der Waals surface area contributed by atoms with Gasteiger partial charge in [-0.15, -0.1) is 13.2 Å². The maximum atomic E-state index is 14.6. The lowest BCUT2D eigenvalue weighted by Gasteiger charge is -2.36. The van der Waals surface area contributed by atoms with Crippen molar-refractivity contribution in [2.75, 3.05) is 0 Å². The molecule has 1 unspecified atom stereocenters. The largest absolute Gasteiger partial charge is 0.573 e. The molecule has 2 atom stereocenters. The first-order valence-electron chi connectivity index (χ1n) is 10.6. The Balaban J connectivity index is 1.89. The lowest BCUT2D eigenvalue weighted by atomic mass is 9.98. The van der Waals surface area contributed by atoms with Gasteiger partial charge < -0.3 is 20.5 Å². The zero-order valence-electron chi connectivity index (χ0n) is 18.3. The summed E-state index contributed by atoms with van der Waals surface area (Å²) < 4.78 is 56.9. The molecule has 4 rings (SSSR count). The van der Waals surface area contributed by atoms with E-state index in [9.17, 15) is 32.3 Å². The summed E-state index contributed by atoms with van der Waals surface area (Å²) in [4.78, 5) is 31.5. The summed E-state index contributed by atoms with van der Waals surface area (Å²) in [5.74, 6) is -4.71. The first-order chi connectivity index (χ1) is 17.0. The Labute approximate surface area is 207 Å². The number of pyridine rings is 1. The van der Waals surface area contributed by atoms with Crippen LogP contribution in [0, 0.1) is 5.82 Å². The quantitative estimate of drug-likeness (QED) is 0.450. The number of primary amides is 1. The number of ether oxygens (including phenoxy) is 1. The van der Waals surface area contributed by atoms with E-state index in [1.54, 1.807) is 0 Å². The molecule has 3 N–H and O–H groups in total. The normalized spacial score (nSPS) is 15.8. The molecule has 0 spiro atoms. The zero-order chi connectivity index (χ0) is 26.2. The molecule has 1 aliphatic carbocycles. The highest BCUT2D eigenvalue weighted by Gasteiger charge is 2.42. The van der Waals surface area contributed by atoms with Gasteiger partial charge in [-0.1, -0.05) is 23.7 Å². The monoisotopic (exact) mass is 523 g/mol. The van der Waals surface area contributed by atoms with Crippen molar-refractivity contribution in [3.63, 3.8) is 0 Å². The number of nitrogens with two attached hydrogens (primary N) is 1. The van der Waals surface area contributed by atoms with Crippen LogP contribution in [0.2, 0.25) is 5.02 Å². The summed E-state index contributed by atoms with van der Waals surface area (Å²) in [6.07, 6.45) is -2.07. The molecule has 36 heavy (non-hydrogen) atoms. The number of carbonyl (C=O) groups is 2. The van der Waals surface area contributed by atoms with E-state index in [-0.39, 0.29) is 29.0 Å².